The zero-order valence-electron chi connectivity index (χ0n) is 13.6. The molecule has 122 valence electrons. The number of aliphatic hydroxyl groups is 1. The van der Waals surface area contributed by atoms with Crippen molar-refractivity contribution in [2.45, 2.75) is 51.4 Å². The van der Waals surface area contributed by atoms with Crippen LogP contribution < -0.4 is 0 Å². The molecule has 0 aliphatic carbocycles. The molecular weight excluding hydrogens is 290 g/mol. The first kappa shape index (κ1) is 14.6. The Morgan fingerprint density at radius 2 is 2.13 bits per heavy atom. The fraction of sp³-hybridized carbons (Fsp3) is 0.500. The molecule has 1 aromatic carbocycles. The summed E-state index contributed by atoms with van der Waals surface area (Å²) in [4.78, 5) is 19.7. The predicted octanol–water partition coefficient (Wildman–Crippen LogP) is 3.01. The minimum absolute atomic E-state index is 0.0345. The van der Waals surface area contributed by atoms with Gasteiger partial charge in [0.25, 0.3) is 0 Å². The van der Waals surface area contributed by atoms with E-state index in [4.69, 9.17) is 0 Å². The van der Waals surface area contributed by atoms with E-state index >= 15 is 0 Å². The number of urea groups is 1. The Morgan fingerprint density at radius 1 is 1.35 bits per heavy atom. The number of aromatic amines is 1. The summed E-state index contributed by atoms with van der Waals surface area (Å²) in [7, 11) is 0. The maximum Gasteiger partial charge on any atom is 0.323 e. The highest BCUT2D eigenvalue weighted by molar-refractivity contribution is 5.87. The second-order valence-electron chi connectivity index (χ2n) is 6.66. The van der Waals surface area contributed by atoms with Gasteiger partial charge in [-0.25, -0.2) is 4.79 Å². The van der Waals surface area contributed by atoms with E-state index in [1.807, 2.05) is 24.0 Å². The summed E-state index contributed by atoms with van der Waals surface area (Å²) in [6.07, 6.45) is 1.93. The first-order valence-electron chi connectivity index (χ1n) is 8.50. The quantitative estimate of drug-likeness (QED) is 0.915. The number of fused-ring (bicyclic) bond motifs is 4. The summed E-state index contributed by atoms with van der Waals surface area (Å²) in [6, 6.07) is 8.01. The van der Waals surface area contributed by atoms with Crippen LogP contribution in [0.15, 0.2) is 24.3 Å². The van der Waals surface area contributed by atoms with Crippen molar-refractivity contribution in [1.82, 2.24) is 14.8 Å². The number of nitrogens with zero attached hydrogens (tertiary/aromatic N) is 2. The van der Waals surface area contributed by atoms with Crippen LogP contribution in [0.25, 0.3) is 10.9 Å². The number of nitrogens with one attached hydrogen (secondary N) is 1. The van der Waals surface area contributed by atoms with Gasteiger partial charge in [0.05, 0.1) is 12.1 Å². The monoisotopic (exact) mass is 313 g/mol. The lowest BCUT2D eigenvalue weighted by atomic mass is 9.93. The number of para-hydroxylation sites is 1. The van der Waals surface area contributed by atoms with Gasteiger partial charge in [0.2, 0.25) is 0 Å². The van der Waals surface area contributed by atoms with Gasteiger partial charge in [-0.15, -0.1) is 0 Å². The number of rotatable bonds is 3. The molecule has 4 rings (SSSR count). The maximum absolute atomic E-state index is 12.8. The van der Waals surface area contributed by atoms with Crippen LogP contribution in [0.3, 0.4) is 0 Å². The van der Waals surface area contributed by atoms with Crippen molar-refractivity contribution >= 4 is 16.9 Å². The fourth-order valence-electron chi connectivity index (χ4n) is 4.11. The topological polar surface area (TPSA) is 59.6 Å². The molecule has 5 heteroatoms. The van der Waals surface area contributed by atoms with Gasteiger partial charge < -0.3 is 15.0 Å². The molecule has 1 saturated heterocycles. The van der Waals surface area contributed by atoms with E-state index in [0.29, 0.717) is 13.0 Å². The Balaban J connectivity index is 1.74. The zero-order valence-corrected chi connectivity index (χ0v) is 13.6. The zero-order chi connectivity index (χ0) is 16.1. The minimum Gasteiger partial charge on any atom is -0.371 e. The van der Waals surface area contributed by atoms with E-state index in [1.54, 1.807) is 4.90 Å². The van der Waals surface area contributed by atoms with Crippen LogP contribution in [-0.2, 0) is 6.42 Å². The van der Waals surface area contributed by atoms with Crippen LogP contribution in [-0.4, -0.2) is 44.7 Å². The van der Waals surface area contributed by atoms with Crippen molar-refractivity contribution in [3.63, 3.8) is 0 Å². The summed E-state index contributed by atoms with van der Waals surface area (Å²) in [5, 5.41) is 11.9. The molecular formula is C18H23N3O2. The van der Waals surface area contributed by atoms with Gasteiger partial charge in [-0.1, -0.05) is 31.5 Å². The molecule has 1 aromatic heterocycles. The van der Waals surface area contributed by atoms with Crippen molar-refractivity contribution in [3.8, 4) is 0 Å². The van der Waals surface area contributed by atoms with Crippen LogP contribution in [0.2, 0.25) is 0 Å². The van der Waals surface area contributed by atoms with Gasteiger partial charge in [0, 0.05) is 23.1 Å². The lowest BCUT2D eigenvalue weighted by molar-refractivity contribution is 0.0255. The van der Waals surface area contributed by atoms with E-state index in [1.165, 1.54) is 10.9 Å². The van der Waals surface area contributed by atoms with Gasteiger partial charge in [-0.05, 0) is 31.4 Å². The number of carbonyl (C=O) groups is 1. The normalized spacial score (nSPS) is 26.7. The number of aromatic nitrogens is 1. The number of hydrogen-bond donors (Lipinski definition) is 2. The SMILES string of the molecule is CCCCN1C(=O)N2C(C)c3[nH]c4ccccc4c3CC2C1O. The number of carbonyl (C=O) groups excluding carboxylic acids is 1. The second kappa shape index (κ2) is 5.27. The predicted molar refractivity (Wildman–Crippen MR) is 89.1 cm³/mol. The Hall–Kier alpha value is -2.01. The van der Waals surface area contributed by atoms with Crippen LogP contribution >= 0.6 is 0 Å². The number of hydrogen-bond acceptors (Lipinski definition) is 2. The van der Waals surface area contributed by atoms with Crippen LogP contribution in [0.5, 0.6) is 0 Å². The van der Waals surface area contributed by atoms with Crippen LogP contribution in [0.1, 0.15) is 44.0 Å². The third-order valence-corrected chi connectivity index (χ3v) is 5.33. The highest BCUT2D eigenvalue weighted by Gasteiger charge is 2.50. The highest BCUT2D eigenvalue weighted by Crippen LogP contribution is 2.41. The molecule has 23 heavy (non-hydrogen) atoms. The number of benzene rings is 1. The van der Waals surface area contributed by atoms with Crippen molar-refractivity contribution in [2.75, 3.05) is 6.54 Å². The molecule has 5 nitrogen and oxygen atoms in total. The molecule has 2 N–H and O–H groups in total. The van der Waals surface area contributed by atoms with Gasteiger partial charge in [0.15, 0.2) is 6.23 Å². The molecule has 3 atom stereocenters. The van der Waals surface area contributed by atoms with Crippen molar-refractivity contribution in [2.24, 2.45) is 0 Å². The minimum atomic E-state index is -0.710. The van der Waals surface area contributed by atoms with Crippen molar-refractivity contribution < 1.29 is 9.90 Å². The highest BCUT2D eigenvalue weighted by atomic mass is 16.3. The molecule has 2 amide bonds. The number of H-pyrrole nitrogens is 1. The maximum atomic E-state index is 12.8. The average molecular weight is 313 g/mol. The first-order valence-corrected chi connectivity index (χ1v) is 8.50. The van der Waals surface area contributed by atoms with Gasteiger partial charge >= 0.3 is 6.03 Å². The Labute approximate surface area is 135 Å². The van der Waals surface area contributed by atoms with Crippen LogP contribution in [0, 0.1) is 0 Å². The lowest BCUT2D eigenvalue weighted by Crippen LogP contribution is -2.43. The van der Waals surface area contributed by atoms with E-state index in [-0.39, 0.29) is 18.1 Å². The molecule has 1 fully saturated rings. The van der Waals surface area contributed by atoms with Gasteiger partial charge in [-0.3, -0.25) is 4.90 Å². The second-order valence-corrected chi connectivity index (χ2v) is 6.66. The molecule has 2 aromatic rings. The average Bonchev–Trinajstić information content (AvgIpc) is 3.04. The summed E-state index contributed by atoms with van der Waals surface area (Å²) in [5.74, 6) is 0. The largest absolute Gasteiger partial charge is 0.371 e. The Kier molecular flexibility index (Phi) is 3.34. The standard InChI is InChI=1S/C18H23N3O2/c1-3-4-9-20-17(22)15-10-13-12-7-5-6-8-14(12)19-16(13)11(2)21(15)18(20)23/h5-8,11,15,17,19,22H,3-4,9-10H2,1-2H3. The van der Waals surface area contributed by atoms with E-state index < -0.39 is 6.23 Å². The third-order valence-electron chi connectivity index (χ3n) is 5.33. The third kappa shape index (κ3) is 1.99. The molecule has 3 heterocycles. The number of unbranched alkanes of at least 4 members (excludes halogenated alkanes) is 1. The molecule has 2 aliphatic rings. The first-order chi connectivity index (χ1) is 11.1. The molecule has 3 unspecified atom stereocenters. The lowest BCUT2D eigenvalue weighted by Gasteiger charge is -2.35. The molecule has 0 bridgehead atoms. The van der Waals surface area contributed by atoms with E-state index in [0.717, 1.165) is 24.1 Å². The number of aliphatic hydroxyl groups excluding tert-OH is 1. The molecule has 0 radical (unpaired) electrons. The summed E-state index contributed by atoms with van der Waals surface area (Å²) in [5.41, 5.74) is 3.47. The molecule has 2 aliphatic heterocycles. The van der Waals surface area contributed by atoms with Crippen LogP contribution in [0.4, 0.5) is 4.79 Å². The molecule has 0 saturated carbocycles. The Bertz CT molecular complexity index is 754. The number of amides is 2. The van der Waals surface area contributed by atoms with Gasteiger partial charge in [-0.2, -0.15) is 0 Å². The van der Waals surface area contributed by atoms with Crippen molar-refractivity contribution in [3.05, 3.63) is 35.5 Å². The van der Waals surface area contributed by atoms with E-state index in [2.05, 4.69) is 24.0 Å². The Morgan fingerprint density at radius 3 is 2.91 bits per heavy atom. The van der Waals surface area contributed by atoms with Gasteiger partial charge in [0.1, 0.15) is 0 Å². The van der Waals surface area contributed by atoms with Crippen molar-refractivity contribution in [1.29, 1.82) is 0 Å². The summed E-state index contributed by atoms with van der Waals surface area (Å²) >= 11 is 0. The van der Waals surface area contributed by atoms with E-state index in [9.17, 15) is 9.90 Å². The fourth-order valence-corrected chi connectivity index (χ4v) is 4.11. The molecule has 0 spiro atoms. The smallest absolute Gasteiger partial charge is 0.323 e. The summed E-state index contributed by atoms with van der Waals surface area (Å²) < 4.78 is 0. The summed E-state index contributed by atoms with van der Waals surface area (Å²) in [6.45, 7) is 4.78.